The summed E-state index contributed by atoms with van der Waals surface area (Å²) in [7, 11) is 0. The van der Waals surface area contributed by atoms with E-state index >= 15 is 0 Å². The van der Waals surface area contributed by atoms with E-state index in [9.17, 15) is 4.79 Å². The van der Waals surface area contributed by atoms with E-state index in [1.54, 1.807) is 0 Å². The van der Waals surface area contributed by atoms with Gasteiger partial charge in [-0.1, -0.05) is 26.0 Å². The van der Waals surface area contributed by atoms with Crippen molar-refractivity contribution in [2.24, 2.45) is 11.8 Å². The van der Waals surface area contributed by atoms with Crippen LogP contribution in [0.25, 0.3) is 0 Å². The van der Waals surface area contributed by atoms with Crippen molar-refractivity contribution in [3.8, 4) is 0 Å². The summed E-state index contributed by atoms with van der Waals surface area (Å²) in [6.07, 6.45) is 3.57. The van der Waals surface area contributed by atoms with Crippen LogP contribution in [0.15, 0.2) is 18.2 Å². The Kier molecular flexibility index (Phi) is 7.34. The molecule has 0 spiro atoms. The van der Waals surface area contributed by atoms with Crippen LogP contribution in [-0.4, -0.2) is 37.0 Å². The molecule has 1 aliphatic rings. The SMILES string of the molecule is Cc1cccc(C(=O)NCCCCN2C[C@@H](C)C[C@H](C)C2)c1I. The van der Waals surface area contributed by atoms with Gasteiger partial charge in [-0.05, 0) is 78.8 Å². The molecule has 23 heavy (non-hydrogen) atoms. The molecule has 1 aromatic rings. The van der Waals surface area contributed by atoms with Crippen LogP contribution in [0.3, 0.4) is 0 Å². The average Bonchev–Trinajstić information content (AvgIpc) is 2.48. The minimum atomic E-state index is 0.0540. The molecule has 0 unspecified atom stereocenters. The molecule has 1 amide bonds. The van der Waals surface area contributed by atoms with Crippen molar-refractivity contribution in [1.29, 1.82) is 0 Å². The van der Waals surface area contributed by atoms with Crippen molar-refractivity contribution in [1.82, 2.24) is 10.2 Å². The number of carbonyl (C=O) groups excluding carboxylic acids is 1. The van der Waals surface area contributed by atoms with Gasteiger partial charge in [0.2, 0.25) is 0 Å². The molecule has 1 aromatic carbocycles. The van der Waals surface area contributed by atoms with Gasteiger partial charge in [-0.3, -0.25) is 4.79 Å². The predicted molar refractivity (Wildman–Crippen MR) is 105 cm³/mol. The van der Waals surface area contributed by atoms with Gasteiger partial charge in [0, 0.05) is 23.2 Å². The number of benzene rings is 1. The van der Waals surface area contributed by atoms with Crippen molar-refractivity contribution in [3.05, 3.63) is 32.9 Å². The Morgan fingerprint density at radius 3 is 2.65 bits per heavy atom. The minimum Gasteiger partial charge on any atom is -0.352 e. The topological polar surface area (TPSA) is 32.3 Å². The van der Waals surface area contributed by atoms with Crippen LogP contribution in [0.5, 0.6) is 0 Å². The standard InChI is InChI=1S/C19H29IN2O/c1-14-11-15(2)13-22(12-14)10-5-4-9-21-19(23)17-8-6-7-16(3)18(17)20/h6-8,14-15H,4-5,9-13H2,1-3H3,(H,21,23)/t14-,15-/m0/s1. The highest BCUT2D eigenvalue weighted by atomic mass is 127. The number of likely N-dealkylation sites (tertiary alicyclic amines) is 1. The number of amides is 1. The van der Waals surface area contributed by atoms with Gasteiger partial charge >= 0.3 is 0 Å². The summed E-state index contributed by atoms with van der Waals surface area (Å²) in [4.78, 5) is 14.8. The van der Waals surface area contributed by atoms with Crippen molar-refractivity contribution in [2.75, 3.05) is 26.2 Å². The zero-order valence-electron chi connectivity index (χ0n) is 14.6. The smallest absolute Gasteiger partial charge is 0.252 e. The lowest BCUT2D eigenvalue weighted by Crippen LogP contribution is -2.39. The van der Waals surface area contributed by atoms with Crippen LogP contribution in [-0.2, 0) is 0 Å². The molecule has 1 N–H and O–H groups in total. The first-order valence-electron chi connectivity index (χ1n) is 8.73. The average molecular weight is 428 g/mol. The number of aryl methyl sites for hydroxylation is 1. The highest BCUT2D eigenvalue weighted by molar-refractivity contribution is 14.1. The lowest BCUT2D eigenvalue weighted by molar-refractivity contribution is 0.0950. The van der Waals surface area contributed by atoms with Gasteiger partial charge in [-0.15, -0.1) is 0 Å². The van der Waals surface area contributed by atoms with Crippen molar-refractivity contribution >= 4 is 28.5 Å². The van der Waals surface area contributed by atoms with Gasteiger partial charge < -0.3 is 10.2 Å². The van der Waals surface area contributed by atoms with Crippen LogP contribution >= 0.6 is 22.6 Å². The molecule has 2 rings (SSSR count). The molecular weight excluding hydrogens is 399 g/mol. The Balaban J connectivity index is 1.67. The fourth-order valence-electron chi connectivity index (χ4n) is 3.55. The molecule has 0 aliphatic carbocycles. The highest BCUT2D eigenvalue weighted by Crippen LogP contribution is 2.21. The number of hydrogen-bond acceptors (Lipinski definition) is 2. The van der Waals surface area contributed by atoms with Gasteiger partial charge in [-0.2, -0.15) is 0 Å². The lowest BCUT2D eigenvalue weighted by Gasteiger charge is -2.34. The van der Waals surface area contributed by atoms with Gasteiger partial charge in [0.25, 0.3) is 5.91 Å². The van der Waals surface area contributed by atoms with E-state index in [1.165, 1.54) is 19.5 Å². The number of rotatable bonds is 6. The molecule has 0 saturated carbocycles. The molecule has 1 heterocycles. The predicted octanol–water partition coefficient (Wildman–Crippen LogP) is 4.09. The highest BCUT2D eigenvalue weighted by Gasteiger charge is 2.21. The summed E-state index contributed by atoms with van der Waals surface area (Å²) in [6.45, 7) is 11.1. The Labute approximate surface area is 154 Å². The Hall–Kier alpha value is -0.620. The molecule has 128 valence electrons. The molecule has 3 nitrogen and oxygen atoms in total. The Morgan fingerprint density at radius 2 is 1.96 bits per heavy atom. The monoisotopic (exact) mass is 428 g/mol. The van der Waals surface area contributed by atoms with Gasteiger partial charge in [-0.25, -0.2) is 0 Å². The first kappa shape index (κ1) is 18.7. The van der Waals surface area contributed by atoms with Gasteiger partial charge in [0.1, 0.15) is 0 Å². The first-order valence-corrected chi connectivity index (χ1v) is 9.81. The number of piperidine rings is 1. The van der Waals surface area contributed by atoms with Crippen molar-refractivity contribution in [3.63, 3.8) is 0 Å². The number of halogens is 1. The van der Waals surface area contributed by atoms with E-state index in [0.717, 1.165) is 52.5 Å². The van der Waals surface area contributed by atoms with Crippen molar-refractivity contribution < 1.29 is 4.79 Å². The summed E-state index contributed by atoms with van der Waals surface area (Å²) >= 11 is 2.25. The van der Waals surface area contributed by atoms with Gasteiger partial charge in [0.05, 0.1) is 5.56 Å². The molecule has 2 atom stereocenters. The Bertz CT molecular complexity index is 522. The normalized spacial score (nSPS) is 22.1. The zero-order chi connectivity index (χ0) is 16.8. The van der Waals surface area contributed by atoms with Crippen molar-refractivity contribution in [2.45, 2.75) is 40.0 Å². The third-order valence-corrected chi connectivity index (χ3v) is 6.00. The van der Waals surface area contributed by atoms with E-state index in [-0.39, 0.29) is 5.91 Å². The minimum absolute atomic E-state index is 0.0540. The summed E-state index contributed by atoms with van der Waals surface area (Å²) in [5.41, 5.74) is 1.95. The molecule has 0 bridgehead atoms. The van der Waals surface area contributed by atoms with Crippen LogP contribution in [0.4, 0.5) is 0 Å². The molecule has 1 aliphatic heterocycles. The molecule has 4 heteroatoms. The second-order valence-corrected chi connectivity index (χ2v) is 8.18. The number of hydrogen-bond donors (Lipinski definition) is 1. The second kappa shape index (κ2) is 9.02. The molecule has 1 saturated heterocycles. The summed E-state index contributed by atoms with van der Waals surface area (Å²) in [6, 6.07) is 5.89. The van der Waals surface area contributed by atoms with E-state index in [1.807, 2.05) is 25.1 Å². The third kappa shape index (κ3) is 5.75. The van der Waals surface area contributed by atoms with Crippen LogP contribution in [0, 0.1) is 22.3 Å². The molecule has 0 radical (unpaired) electrons. The van der Waals surface area contributed by atoms with Crippen LogP contribution in [0.1, 0.15) is 49.0 Å². The first-order chi connectivity index (χ1) is 11.0. The summed E-state index contributed by atoms with van der Waals surface area (Å²) in [5, 5.41) is 3.06. The number of nitrogens with zero attached hydrogens (tertiary/aromatic N) is 1. The van der Waals surface area contributed by atoms with E-state index in [4.69, 9.17) is 0 Å². The second-order valence-electron chi connectivity index (χ2n) is 7.11. The third-order valence-electron chi connectivity index (χ3n) is 4.57. The maximum Gasteiger partial charge on any atom is 0.252 e. The number of carbonyl (C=O) groups is 1. The number of nitrogens with one attached hydrogen (secondary N) is 1. The van der Waals surface area contributed by atoms with Crippen LogP contribution in [0.2, 0.25) is 0 Å². The zero-order valence-corrected chi connectivity index (χ0v) is 16.7. The van der Waals surface area contributed by atoms with E-state index in [2.05, 4.69) is 46.7 Å². The number of unbranched alkanes of at least 4 members (excludes halogenated alkanes) is 1. The van der Waals surface area contributed by atoms with E-state index in [0.29, 0.717) is 0 Å². The molecule has 0 aromatic heterocycles. The quantitative estimate of drug-likeness (QED) is 0.547. The molecule has 1 fully saturated rings. The summed E-state index contributed by atoms with van der Waals surface area (Å²) < 4.78 is 1.05. The Morgan fingerprint density at radius 1 is 1.26 bits per heavy atom. The maximum absolute atomic E-state index is 12.2. The van der Waals surface area contributed by atoms with Gasteiger partial charge in [0.15, 0.2) is 0 Å². The molecular formula is C19H29IN2O. The fraction of sp³-hybridized carbons (Fsp3) is 0.632. The van der Waals surface area contributed by atoms with Crippen LogP contribution < -0.4 is 5.32 Å². The van der Waals surface area contributed by atoms with E-state index < -0.39 is 0 Å². The fourth-order valence-corrected chi connectivity index (χ4v) is 4.16. The largest absolute Gasteiger partial charge is 0.352 e. The summed E-state index contributed by atoms with van der Waals surface area (Å²) in [5.74, 6) is 1.70. The lowest BCUT2D eigenvalue weighted by atomic mass is 9.92. The maximum atomic E-state index is 12.2.